The summed E-state index contributed by atoms with van der Waals surface area (Å²) < 4.78 is 12.3. The Morgan fingerprint density at radius 2 is 1.90 bits per heavy atom. The van der Waals surface area contributed by atoms with Gasteiger partial charge in [-0.2, -0.15) is 5.10 Å². The molecule has 3 rings (SSSR count). The van der Waals surface area contributed by atoms with E-state index in [2.05, 4.69) is 38.4 Å². The summed E-state index contributed by atoms with van der Waals surface area (Å²) in [6.45, 7) is 2.31. The van der Waals surface area contributed by atoms with Gasteiger partial charge in [-0.3, -0.25) is 0 Å². The van der Waals surface area contributed by atoms with E-state index in [4.69, 9.17) is 21.1 Å². The maximum absolute atomic E-state index is 12.0. The highest BCUT2D eigenvalue weighted by atomic mass is 127. The fourth-order valence-corrected chi connectivity index (χ4v) is 3.63. The average Bonchev–Trinajstić information content (AvgIpc) is 2.75. The van der Waals surface area contributed by atoms with Crippen LogP contribution in [-0.2, 0) is 6.61 Å². The lowest BCUT2D eigenvalue weighted by molar-refractivity contribution is 0.252. The summed E-state index contributed by atoms with van der Waals surface area (Å²) >= 11 is 8.10. The minimum absolute atomic E-state index is 0.387. The van der Waals surface area contributed by atoms with Gasteiger partial charge in [0, 0.05) is 10.7 Å². The van der Waals surface area contributed by atoms with E-state index in [0.717, 1.165) is 25.9 Å². The predicted octanol–water partition coefficient (Wildman–Crippen LogP) is 6.00. The van der Waals surface area contributed by atoms with Crippen LogP contribution in [0.3, 0.4) is 0 Å². The minimum Gasteiger partial charge on any atom is -0.493 e. The first kappa shape index (κ1) is 22.9. The first-order valence-corrected chi connectivity index (χ1v) is 10.8. The fraction of sp³-hybridized carbons (Fsp3) is 0.130. The summed E-state index contributed by atoms with van der Waals surface area (Å²) in [4.78, 5) is 12.0. The highest BCUT2D eigenvalue weighted by Crippen LogP contribution is 2.34. The number of nitrogens with zero attached hydrogens (tertiary/aromatic N) is 1. The Hall–Kier alpha value is -2.78. The first-order chi connectivity index (χ1) is 15.0. The van der Waals surface area contributed by atoms with Crippen molar-refractivity contribution in [2.24, 2.45) is 5.10 Å². The number of carbonyl (C=O) groups excluding carboxylic acids is 1. The second-order valence-electron chi connectivity index (χ2n) is 6.59. The van der Waals surface area contributed by atoms with Crippen molar-refractivity contribution >= 4 is 52.1 Å². The molecular formula is C23H21ClIN3O3. The molecule has 0 radical (unpaired) electrons. The van der Waals surface area contributed by atoms with Gasteiger partial charge in [-0.05, 0) is 76.5 Å². The van der Waals surface area contributed by atoms with Gasteiger partial charge >= 0.3 is 6.03 Å². The number of para-hydroxylation sites is 1. The maximum atomic E-state index is 12.0. The second kappa shape index (κ2) is 11.0. The Labute approximate surface area is 199 Å². The van der Waals surface area contributed by atoms with Crippen LogP contribution in [0.5, 0.6) is 11.5 Å². The van der Waals surface area contributed by atoms with Crippen molar-refractivity contribution in [1.82, 2.24) is 5.43 Å². The van der Waals surface area contributed by atoms with Crippen molar-refractivity contribution in [3.05, 3.63) is 85.9 Å². The highest BCUT2D eigenvalue weighted by Gasteiger charge is 2.12. The third-order valence-corrected chi connectivity index (χ3v) is 5.37. The lowest BCUT2D eigenvalue weighted by Gasteiger charge is -2.13. The number of carbonyl (C=O) groups is 1. The molecule has 0 aliphatic rings. The number of hydrogen-bond acceptors (Lipinski definition) is 4. The molecule has 0 spiro atoms. The van der Waals surface area contributed by atoms with Crippen LogP contribution in [0.1, 0.15) is 16.7 Å². The number of aryl methyl sites for hydroxylation is 1. The van der Waals surface area contributed by atoms with Crippen molar-refractivity contribution in [3.8, 4) is 11.5 Å². The molecule has 0 saturated heterocycles. The molecule has 3 aromatic carbocycles. The number of urea groups is 1. The topological polar surface area (TPSA) is 72.0 Å². The van der Waals surface area contributed by atoms with Gasteiger partial charge in [0.2, 0.25) is 0 Å². The number of ether oxygens (including phenoxy) is 2. The van der Waals surface area contributed by atoms with Gasteiger partial charge in [-0.25, -0.2) is 10.2 Å². The van der Waals surface area contributed by atoms with Crippen LogP contribution in [0.25, 0.3) is 0 Å². The number of halogens is 2. The van der Waals surface area contributed by atoms with Crippen molar-refractivity contribution in [2.75, 3.05) is 12.4 Å². The molecule has 160 valence electrons. The van der Waals surface area contributed by atoms with Crippen molar-refractivity contribution in [2.45, 2.75) is 13.5 Å². The molecule has 2 N–H and O–H groups in total. The van der Waals surface area contributed by atoms with E-state index in [-0.39, 0.29) is 0 Å². The molecule has 0 fully saturated rings. The number of methoxy groups -OCH3 is 1. The molecule has 0 unspecified atom stereocenters. The van der Waals surface area contributed by atoms with Gasteiger partial charge < -0.3 is 14.8 Å². The van der Waals surface area contributed by atoms with Crippen molar-refractivity contribution < 1.29 is 14.3 Å². The Bertz CT molecular complexity index is 1090. The van der Waals surface area contributed by atoms with Crippen LogP contribution in [0.4, 0.5) is 10.5 Å². The smallest absolute Gasteiger partial charge is 0.339 e. The third-order valence-electron chi connectivity index (χ3n) is 4.32. The molecule has 0 aliphatic heterocycles. The van der Waals surface area contributed by atoms with E-state index in [0.29, 0.717) is 23.1 Å². The molecule has 31 heavy (non-hydrogen) atoms. The van der Waals surface area contributed by atoms with Gasteiger partial charge in [-0.15, -0.1) is 0 Å². The molecule has 0 atom stereocenters. The second-order valence-corrected chi connectivity index (χ2v) is 8.19. The quantitative estimate of drug-likeness (QED) is 0.216. The third kappa shape index (κ3) is 6.60. The monoisotopic (exact) mass is 549 g/mol. The molecule has 8 heteroatoms. The van der Waals surface area contributed by atoms with Crippen LogP contribution in [0, 0.1) is 10.5 Å². The summed E-state index contributed by atoms with van der Waals surface area (Å²) in [6, 6.07) is 18.3. The Kier molecular flexibility index (Phi) is 8.13. The number of rotatable bonds is 7. The van der Waals surface area contributed by atoms with Gasteiger partial charge in [0.25, 0.3) is 0 Å². The molecule has 0 heterocycles. The zero-order valence-electron chi connectivity index (χ0n) is 17.0. The zero-order valence-corrected chi connectivity index (χ0v) is 19.9. The van der Waals surface area contributed by atoms with E-state index >= 15 is 0 Å². The highest BCUT2D eigenvalue weighted by molar-refractivity contribution is 14.1. The lowest BCUT2D eigenvalue weighted by Crippen LogP contribution is -2.24. The fourth-order valence-electron chi connectivity index (χ4n) is 2.72. The Morgan fingerprint density at radius 3 is 2.61 bits per heavy atom. The number of nitrogens with one attached hydrogen (secondary N) is 2. The first-order valence-electron chi connectivity index (χ1n) is 9.36. The number of benzene rings is 3. The van der Waals surface area contributed by atoms with Crippen molar-refractivity contribution in [1.29, 1.82) is 0 Å². The summed E-state index contributed by atoms with van der Waals surface area (Å²) in [5.74, 6) is 1.21. The summed E-state index contributed by atoms with van der Waals surface area (Å²) in [5.41, 5.74) is 5.92. The van der Waals surface area contributed by atoms with Gasteiger partial charge in [0.1, 0.15) is 6.61 Å². The van der Waals surface area contributed by atoms with Gasteiger partial charge in [-0.1, -0.05) is 41.9 Å². The van der Waals surface area contributed by atoms with Crippen LogP contribution >= 0.6 is 34.2 Å². The minimum atomic E-state index is -0.421. The molecule has 0 aromatic heterocycles. The summed E-state index contributed by atoms with van der Waals surface area (Å²) in [5, 5.41) is 7.45. The van der Waals surface area contributed by atoms with Crippen LogP contribution in [0.2, 0.25) is 5.02 Å². The molecule has 3 aromatic rings. The maximum Gasteiger partial charge on any atom is 0.339 e. The molecule has 6 nitrogen and oxygen atoms in total. The van der Waals surface area contributed by atoms with Crippen molar-refractivity contribution in [3.63, 3.8) is 0 Å². The molecule has 0 aliphatic carbocycles. The number of anilines is 1. The van der Waals surface area contributed by atoms with E-state index in [1.165, 1.54) is 0 Å². The van der Waals surface area contributed by atoms with Gasteiger partial charge in [0.05, 0.1) is 16.9 Å². The Morgan fingerprint density at radius 1 is 1.16 bits per heavy atom. The van der Waals surface area contributed by atoms with Crippen LogP contribution in [0.15, 0.2) is 65.8 Å². The van der Waals surface area contributed by atoms with Gasteiger partial charge in [0.15, 0.2) is 11.5 Å². The lowest BCUT2D eigenvalue weighted by atomic mass is 10.2. The Balaban J connectivity index is 1.64. The number of hydrazone groups is 1. The van der Waals surface area contributed by atoms with E-state index in [9.17, 15) is 4.79 Å². The SMILES string of the molecule is COc1cc(C=NNC(=O)Nc2ccccc2C)cc(I)c1OCc1ccc(Cl)cc1. The standard InChI is InChI=1S/C23H21ClIN3O3/c1-15-5-3-4-6-20(15)27-23(29)28-26-13-17-11-19(25)22(21(12-17)30-2)31-14-16-7-9-18(24)10-8-16/h3-13H,14H2,1-2H3,(H2,27,28,29). The number of hydrogen-bond donors (Lipinski definition) is 2. The largest absolute Gasteiger partial charge is 0.493 e. The molecular weight excluding hydrogens is 529 g/mol. The van der Waals surface area contributed by atoms with E-state index < -0.39 is 6.03 Å². The predicted molar refractivity (Wildman–Crippen MR) is 132 cm³/mol. The van der Waals surface area contributed by atoms with Crippen LogP contribution in [-0.4, -0.2) is 19.4 Å². The van der Waals surface area contributed by atoms with E-state index in [1.54, 1.807) is 19.4 Å². The normalized spacial score (nSPS) is 10.7. The zero-order chi connectivity index (χ0) is 22.2. The molecule has 0 saturated carbocycles. The summed E-state index contributed by atoms with van der Waals surface area (Å²) in [6.07, 6.45) is 1.55. The average molecular weight is 550 g/mol. The molecule has 2 amide bonds. The number of amides is 2. The molecule has 0 bridgehead atoms. The van der Waals surface area contributed by atoms with E-state index in [1.807, 2.05) is 61.5 Å². The van der Waals surface area contributed by atoms with Crippen LogP contribution < -0.4 is 20.2 Å². The summed E-state index contributed by atoms with van der Waals surface area (Å²) in [7, 11) is 1.58.